The summed E-state index contributed by atoms with van der Waals surface area (Å²) in [6.45, 7) is 7.58. The first-order valence-corrected chi connectivity index (χ1v) is 8.71. The van der Waals surface area contributed by atoms with Crippen molar-refractivity contribution in [3.63, 3.8) is 0 Å². The van der Waals surface area contributed by atoms with Crippen LogP contribution in [0.25, 0.3) is 22.9 Å². The van der Waals surface area contributed by atoms with Crippen LogP contribution in [0.15, 0.2) is 36.4 Å². The minimum Gasteiger partial charge on any atom is -0.339 e. The number of fused-ring (bicyclic) bond motifs is 1. The third-order valence-electron chi connectivity index (χ3n) is 4.50. The predicted octanol–water partition coefficient (Wildman–Crippen LogP) is 2.65. The monoisotopic (exact) mass is 350 g/mol. The molecule has 0 spiro atoms. The van der Waals surface area contributed by atoms with E-state index in [-0.39, 0.29) is 11.4 Å². The molecular weight excluding hydrogens is 328 g/mol. The van der Waals surface area contributed by atoms with Crippen molar-refractivity contribution in [1.82, 2.24) is 29.4 Å². The van der Waals surface area contributed by atoms with E-state index in [1.54, 1.807) is 9.58 Å². The molecule has 4 rings (SSSR count). The molecule has 1 aliphatic heterocycles. The van der Waals surface area contributed by atoms with E-state index in [9.17, 15) is 4.79 Å². The van der Waals surface area contributed by atoms with Gasteiger partial charge in [-0.25, -0.2) is 9.67 Å². The van der Waals surface area contributed by atoms with E-state index < -0.39 is 0 Å². The molecule has 0 aliphatic carbocycles. The predicted molar refractivity (Wildman–Crippen MR) is 98.6 cm³/mol. The summed E-state index contributed by atoms with van der Waals surface area (Å²) >= 11 is 0. The van der Waals surface area contributed by atoms with Crippen LogP contribution in [0.2, 0.25) is 0 Å². The van der Waals surface area contributed by atoms with Crippen LogP contribution in [-0.2, 0) is 12.1 Å². The first-order valence-electron chi connectivity index (χ1n) is 8.71. The van der Waals surface area contributed by atoms with Gasteiger partial charge in [0.05, 0.1) is 12.1 Å². The summed E-state index contributed by atoms with van der Waals surface area (Å²) in [5, 5.41) is 9.36. The Balaban J connectivity index is 1.85. The average molecular weight is 350 g/mol. The Morgan fingerprint density at radius 2 is 1.77 bits per heavy atom. The molecule has 1 aromatic carbocycles. The first-order chi connectivity index (χ1) is 12.3. The molecule has 0 atom stereocenters. The molecule has 1 aliphatic rings. The van der Waals surface area contributed by atoms with Gasteiger partial charge in [-0.2, -0.15) is 5.10 Å². The van der Waals surface area contributed by atoms with Gasteiger partial charge in [0, 0.05) is 25.2 Å². The fraction of sp³-hybridized carbons (Fsp3) is 0.368. The summed E-state index contributed by atoms with van der Waals surface area (Å²) in [4.78, 5) is 18.9. The van der Waals surface area contributed by atoms with E-state index in [0.717, 1.165) is 5.56 Å². The van der Waals surface area contributed by atoms with Crippen LogP contribution in [-0.4, -0.2) is 48.9 Å². The maximum atomic E-state index is 12.4. The minimum atomic E-state index is -0.264. The molecule has 0 unspecified atom stereocenters. The van der Waals surface area contributed by atoms with Crippen LogP contribution < -0.4 is 0 Å². The van der Waals surface area contributed by atoms with Gasteiger partial charge in [0.1, 0.15) is 11.4 Å². The van der Waals surface area contributed by atoms with E-state index in [2.05, 4.69) is 25.9 Å². The second-order valence-corrected chi connectivity index (χ2v) is 7.57. The number of likely N-dealkylation sites (N-methyl/N-ethyl adjacent to an activating group) is 1. The Labute approximate surface area is 152 Å². The SMILES string of the molecule is CN1CCn2nc(-c3nc(-c4ccccc4)nn3C(C)(C)C)cc2C1=O. The largest absolute Gasteiger partial charge is 0.339 e. The molecule has 0 radical (unpaired) electrons. The molecule has 3 aromatic rings. The van der Waals surface area contributed by atoms with Crippen molar-refractivity contribution in [3.05, 3.63) is 42.1 Å². The number of hydrogen-bond donors (Lipinski definition) is 0. The van der Waals surface area contributed by atoms with Crippen LogP contribution in [0.1, 0.15) is 31.3 Å². The quantitative estimate of drug-likeness (QED) is 0.712. The number of hydrogen-bond acceptors (Lipinski definition) is 4. The maximum absolute atomic E-state index is 12.4. The Kier molecular flexibility index (Phi) is 3.68. The smallest absolute Gasteiger partial charge is 0.271 e. The van der Waals surface area contributed by atoms with Crippen LogP contribution in [0.5, 0.6) is 0 Å². The lowest BCUT2D eigenvalue weighted by molar-refractivity contribution is 0.0743. The Bertz CT molecular complexity index is 964. The fourth-order valence-corrected chi connectivity index (χ4v) is 3.07. The average Bonchev–Trinajstić information content (AvgIpc) is 3.23. The number of carbonyl (C=O) groups excluding carboxylic acids is 1. The zero-order valence-corrected chi connectivity index (χ0v) is 15.5. The number of benzene rings is 1. The van der Waals surface area contributed by atoms with Crippen molar-refractivity contribution in [2.24, 2.45) is 0 Å². The van der Waals surface area contributed by atoms with Gasteiger partial charge in [-0.05, 0) is 20.8 Å². The number of aromatic nitrogens is 5. The molecule has 3 heterocycles. The highest BCUT2D eigenvalue weighted by atomic mass is 16.2. The third-order valence-corrected chi connectivity index (χ3v) is 4.50. The summed E-state index contributed by atoms with van der Waals surface area (Å²) in [6.07, 6.45) is 0. The number of carbonyl (C=O) groups is 1. The van der Waals surface area contributed by atoms with Crippen LogP contribution in [0, 0.1) is 0 Å². The maximum Gasteiger partial charge on any atom is 0.271 e. The lowest BCUT2D eigenvalue weighted by atomic mass is 10.1. The van der Waals surface area contributed by atoms with E-state index in [1.165, 1.54) is 0 Å². The highest BCUT2D eigenvalue weighted by Gasteiger charge is 2.28. The molecule has 2 aromatic heterocycles. The van der Waals surface area contributed by atoms with Gasteiger partial charge < -0.3 is 4.90 Å². The highest BCUT2D eigenvalue weighted by Crippen LogP contribution is 2.28. The molecule has 7 nitrogen and oxygen atoms in total. The summed E-state index contributed by atoms with van der Waals surface area (Å²) in [5.41, 5.74) is 1.96. The molecule has 0 saturated carbocycles. The van der Waals surface area contributed by atoms with Crippen LogP contribution in [0.3, 0.4) is 0 Å². The summed E-state index contributed by atoms with van der Waals surface area (Å²) in [6, 6.07) is 11.7. The molecule has 7 heteroatoms. The van der Waals surface area contributed by atoms with E-state index in [1.807, 2.05) is 48.1 Å². The van der Waals surface area contributed by atoms with Crippen LogP contribution in [0.4, 0.5) is 0 Å². The first kappa shape index (κ1) is 16.5. The summed E-state index contributed by atoms with van der Waals surface area (Å²) in [7, 11) is 1.81. The summed E-state index contributed by atoms with van der Waals surface area (Å²) < 4.78 is 3.65. The second-order valence-electron chi connectivity index (χ2n) is 7.57. The molecule has 1 amide bonds. The third kappa shape index (κ3) is 2.69. The zero-order valence-electron chi connectivity index (χ0n) is 15.5. The van der Waals surface area contributed by atoms with Crippen molar-refractivity contribution in [1.29, 1.82) is 0 Å². The Morgan fingerprint density at radius 3 is 2.46 bits per heavy atom. The van der Waals surface area contributed by atoms with E-state index >= 15 is 0 Å². The van der Waals surface area contributed by atoms with Gasteiger partial charge in [-0.15, -0.1) is 5.10 Å². The zero-order chi connectivity index (χ0) is 18.5. The highest BCUT2D eigenvalue weighted by molar-refractivity contribution is 5.94. The van der Waals surface area contributed by atoms with Gasteiger partial charge in [-0.3, -0.25) is 9.48 Å². The molecule has 0 saturated heterocycles. The Morgan fingerprint density at radius 1 is 1.04 bits per heavy atom. The van der Waals surface area contributed by atoms with Crippen molar-refractivity contribution >= 4 is 5.91 Å². The fourth-order valence-electron chi connectivity index (χ4n) is 3.07. The molecular formula is C19H22N6O. The molecule has 0 bridgehead atoms. The second kappa shape index (κ2) is 5.79. The van der Waals surface area contributed by atoms with Gasteiger partial charge >= 0.3 is 0 Å². The molecule has 26 heavy (non-hydrogen) atoms. The molecule has 0 fully saturated rings. The minimum absolute atomic E-state index is 0.0138. The van der Waals surface area contributed by atoms with Gasteiger partial charge in [-0.1, -0.05) is 30.3 Å². The van der Waals surface area contributed by atoms with Crippen molar-refractivity contribution in [2.75, 3.05) is 13.6 Å². The lowest BCUT2D eigenvalue weighted by Gasteiger charge is -2.22. The Hall–Kier alpha value is -2.96. The van der Waals surface area contributed by atoms with Crippen molar-refractivity contribution in [2.45, 2.75) is 32.9 Å². The lowest BCUT2D eigenvalue weighted by Crippen LogP contribution is -2.37. The number of nitrogens with zero attached hydrogens (tertiary/aromatic N) is 6. The van der Waals surface area contributed by atoms with Gasteiger partial charge in [0.2, 0.25) is 0 Å². The van der Waals surface area contributed by atoms with Crippen molar-refractivity contribution < 1.29 is 4.79 Å². The summed E-state index contributed by atoms with van der Waals surface area (Å²) in [5.74, 6) is 1.32. The molecule has 134 valence electrons. The van der Waals surface area contributed by atoms with E-state index in [0.29, 0.717) is 36.1 Å². The van der Waals surface area contributed by atoms with E-state index in [4.69, 9.17) is 10.1 Å². The normalized spacial score (nSPS) is 14.6. The van der Waals surface area contributed by atoms with Crippen LogP contribution >= 0.6 is 0 Å². The van der Waals surface area contributed by atoms with Crippen molar-refractivity contribution in [3.8, 4) is 22.9 Å². The number of amides is 1. The van der Waals surface area contributed by atoms with Gasteiger partial charge in [0.25, 0.3) is 5.91 Å². The molecule has 0 N–H and O–H groups in total. The number of rotatable bonds is 2. The van der Waals surface area contributed by atoms with Gasteiger partial charge in [0.15, 0.2) is 11.6 Å². The topological polar surface area (TPSA) is 68.8 Å². The standard InChI is InChI=1S/C19H22N6O/c1-19(2,3)25-17(20-16(22-25)13-8-6-5-7-9-13)14-12-15-18(26)23(4)10-11-24(15)21-14/h5-9,12H,10-11H2,1-4H3.